The van der Waals surface area contributed by atoms with E-state index in [-0.39, 0.29) is 5.91 Å². The number of hydrogen-bond acceptors (Lipinski definition) is 5. The zero-order chi connectivity index (χ0) is 24.1. The smallest absolute Gasteiger partial charge is 0.237 e. The van der Waals surface area contributed by atoms with Crippen LogP contribution in [0.3, 0.4) is 0 Å². The number of benzene rings is 2. The Balaban J connectivity index is 1.06. The van der Waals surface area contributed by atoms with E-state index in [2.05, 4.69) is 74.7 Å². The van der Waals surface area contributed by atoms with Crippen LogP contribution in [-0.2, 0) is 36.1 Å². The molecule has 0 bridgehead atoms. The Morgan fingerprint density at radius 2 is 1.58 bits per heavy atom. The summed E-state index contributed by atoms with van der Waals surface area (Å²) in [5.41, 5.74) is 6.48. The molecule has 6 nitrogen and oxygen atoms in total. The molecule has 1 unspecified atom stereocenters. The molecule has 2 aromatic carbocycles. The van der Waals surface area contributed by atoms with Gasteiger partial charge in [0.1, 0.15) is 5.82 Å². The van der Waals surface area contributed by atoms with E-state index in [0.717, 1.165) is 67.8 Å². The molecule has 2 aliphatic heterocycles. The molecule has 180 valence electrons. The highest BCUT2D eigenvalue weighted by Crippen LogP contribution is 2.47. The molecule has 7 rings (SSSR count). The van der Waals surface area contributed by atoms with Gasteiger partial charge in [0.15, 0.2) is 0 Å². The van der Waals surface area contributed by atoms with Crippen LogP contribution in [0, 0.1) is 0 Å². The van der Waals surface area contributed by atoms with Gasteiger partial charge in [-0.3, -0.25) is 19.6 Å². The first kappa shape index (κ1) is 21.7. The maximum absolute atomic E-state index is 13.0. The second-order valence-electron chi connectivity index (χ2n) is 10.4. The molecular weight excluding hydrogens is 446 g/mol. The minimum absolute atomic E-state index is 0.0662. The predicted molar refractivity (Wildman–Crippen MR) is 141 cm³/mol. The van der Waals surface area contributed by atoms with Gasteiger partial charge in [-0.2, -0.15) is 0 Å². The van der Waals surface area contributed by atoms with Crippen LogP contribution >= 0.6 is 0 Å². The number of rotatable bonds is 4. The number of piperazine rings is 1. The Morgan fingerprint density at radius 3 is 2.39 bits per heavy atom. The monoisotopic (exact) mass is 475 g/mol. The number of pyridine rings is 2. The molecule has 0 saturated carbocycles. The van der Waals surface area contributed by atoms with Crippen molar-refractivity contribution in [1.82, 2.24) is 19.8 Å². The SMILES string of the molecule is O=C1Nc2ncccc2C12Cc1cc3ccc(CN4CCN(Cc5ccccc5)CC4)nc3cc1C2. The van der Waals surface area contributed by atoms with Crippen LogP contribution in [-0.4, -0.2) is 51.9 Å². The third-order valence-corrected chi connectivity index (χ3v) is 8.14. The summed E-state index contributed by atoms with van der Waals surface area (Å²) in [6, 6.07) is 23.5. The fourth-order valence-electron chi connectivity index (χ4n) is 6.20. The molecule has 4 heterocycles. The summed E-state index contributed by atoms with van der Waals surface area (Å²) >= 11 is 0. The number of nitrogens with one attached hydrogen (secondary N) is 1. The zero-order valence-corrected chi connectivity index (χ0v) is 20.3. The lowest BCUT2D eigenvalue weighted by molar-refractivity contribution is -0.120. The fraction of sp³-hybridized carbons (Fsp3) is 0.300. The summed E-state index contributed by atoms with van der Waals surface area (Å²) in [6.07, 6.45) is 3.17. The molecule has 6 heteroatoms. The Morgan fingerprint density at radius 1 is 0.833 bits per heavy atom. The highest BCUT2D eigenvalue weighted by atomic mass is 16.2. The van der Waals surface area contributed by atoms with Gasteiger partial charge in [0.05, 0.1) is 16.6 Å². The number of carbonyl (C=O) groups is 1. The van der Waals surface area contributed by atoms with Crippen LogP contribution in [0.15, 0.2) is 72.9 Å². The number of carbonyl (C=O) groups excluding carboxylic acids is 1. The van der Waals surface area contributed by atoms with Crippen LogP contribution < -0.4 is 5.32 Å². The topological polar surface area (TPSA) is 61.4 Å². The predicted octanol–water partition coefficient (Wildman–Crippen LogP) is 3.94. The maximum Gasteiger partial charge on any atom is 0.237 e. The van der Waals surface area contributed by atoms with Gasteiger partial charge in [0.2, 0.25) is 5.91 Å². The highest BCUT2D eigenvalue weighted by Gasteiger charge is 2.51. The Labute approximate surface area is 211 Å². The second kappa shape index (κ2) is 8.50. The van der Waals surface area contributed by atoms with Gasteiger partial charge in [0.25, 0.3) is 0 Å². The molecule has 1 saturated heterocycles. The van der Waals surface area contributed by atoms with E-state index >= 15 is 0 Å². The van der Waals surface area contributed by atoms with Gasteiger partial charge in [-0.15, -0.1) is 0 Å². The lowest BCUT2D eigenvalue weighted by atomic mass is 9.79. The van der Waals surface area contributed by atoms with Crippen LogP contribution in [0.1, 0.15) is 27.9 Å². The lowest BCUT2D eigenvalue weighted by Gasteiger charge is -2.34. The summed E-state index contributed by atoms with van der Waals surface area (Å²) in [7, 11) is 0. The number of nitrogens with zero attached hydrogens (tertiary/aromatic N) is 4. The molecule has 0 radical (unpaired) electrons. The summed E-state index contributed by atoms with van der Waals surface area (Å²) in [6.45, 7) is 6.17. The Bertz CT molecular complexity index is 1460. The molecule has 2 aromatic heterocycles. The lowest BCUT2D eigenvalue weighted by Crippen LogP contribution is -2.45. The molecule has 4 aromatic rings. The number of fused-ring (bicyclic) bond motifs is 4. The minimum Gasteiger partial charge on any atom is -0.310 e. The van der Waals surface area contributed by atoms with Crippen LogP contribution in [0.2, 0.25) is 0 Å². The second-order valence-corrected chi connectivity index (χ2v) is 10.4. The third-order valence-electron chi connectivity index (χ3n) is 8.14. The first-order valence-corrected chi connectivity index (χ1v) is 12.8. The zero-order valence-electron chi connectivity index (χ0n) is 20.3. The Kier molecular flexibility index (Phi) is 5.11. The highest BCUT2D eigenvalue weighted by molar-refractivity contribution is 6.06. The van der Waals surface area contributed by atoms with E-state index in [1.54, 1.807) is 6.20 Å². The molecule has 1 atom stereocenters. The van der Waals surface area contributed by atoms with E-state index in [1.165, 1.54) is 16.7 Å². The van der Waals surface area contributed by atoms with E-state index in [1.807, 2.05) is 12.1 Å². The van der Waals surface area contributed by atoms with Crippen molar-refractivity contribution in [1.29, 1.82) is 0 Å². The molecule has 1 amide bonds. The quantitative estimate of drug-likeness (QED) is 0.485. The molecule has 1 spiro atoms. The van der Waals surface area contributed by atoms with Gasteiger partial charge in [-0.25, -0.2) is 4.98 Å². The van der Waals surface area contributed by atoms with E-state index in [9.17, 15) is 4.79 Å². The summed E-state index contributed by atoms with van der Waals surface area (Å²) in [4.78, 5) is 27.5. The van der Waals surface area contributed by atoms with Gasteiger partial charge in [0, 0.05) is 56.4 Å². The summed E-state index contributed by atoms with van der Waals surface area (Å²) in [5.74, 6) is 0.778. The summed E-state index contributed by atoms with van der Waals surface area (Å²) < 4.78 is 0. The van der Waals surface area contributed by atoms with Crippen molar-refractivity contribution in [2.45, 2.75) is 31.3 Å². The van der Waals surface area contributed by atoms with Crippen LogP contribution in [0.4, 0.5) is 5.82 Å². The average molecular weight is 476 g/mol. The fourth-order valence-corrected chi connectivity index (χ4v) is 6.20. The van der Waals surface area contributed by atoms with Crippen LogP contribution in [0.25, 0.3) is 10.9 Å². The average Bonchev–Trinajstić information content (AvgIpc) is 3.41. The molecule has 36 heavy (non-hydrogen) atoms. The Hall–Kier alpha value is -3.61. The largest absolute Gasteiger partial charge is 0.310 e. The number of amides is 1. The van der Waals surface area contributed by atoms with Gasteiger partial charge in [-0.1, -0.05) is 42.5 Å². The third kappa shape index (κ3) is 3.69. The minimum atomic E-state index is -0.536. The maximum atomic E-state index is 13.0. The molecule has 1 fully saturated rings. The normalized spacial score (nSPS) is 21.6. The van der Waals surface area contributed by atoms with Gasteiger partial charge < -0.3 is 5.32 Å². The van der Waals surface area contributed by atoms with Crippen molar-refractivity contribution >= 4 is 22.6 Å². The van der Waals surface area contributed by atoms with Crippen molar-refractivity contribution < 1.29 is 4.79 Å². The molecule has 1 N–H and O–H groups in total. The summed E-state index contributed by atoms with van der Waals surface area (Å²) in [5, 5.41) is 4.15. The molecule has 3 aliphatic rings. The van der Waals surface area contributed by atoms with E-state index < -0.39 is 5.41 Å². The molecular formula is C30H29N5O. The van der Waals surface area contributed by atoms with Crippen molar-refractivity contribution in [3.8, 4) is 0 Å². The van der Waals surface area contributed by atoms with E-state index in [4.69, 9.17) is 4.98 Å². The van der Waals surface area contributed by atoms with Crippen molar-refractivity contribution in [2.24, 2.45) is 0 Å². The van der Waals surface area contributed by atoms with Gasteiger partial charge in [-0.05, 0) is 53.8 Å². The number of aromatic nitrogens is 2. The van der Waals surface area contributed by atoms with Crippen molar-refractivity contribution in [2.75, 3.05) is 31.5 Å². The first-order chi connectivity index (χ1) is 17.7. The van der Waals surface area contributed by atoms with Crippen LogP contribution in [0.5, 0.6) is 0 Å². The first-order valence-electron chi connectivity index (χ1n) is 12.8. The molecule has 1 aliphatic carbocycles. The van der Waals surface area contributed by atoms with Gasteiger partial charge >= 0.3 is 0 Å². The van der Waals surface area contributed by atoms with Crippen molar-refractivity contribution in [3.63, 3.8) is 0 Å². The number of anilines is 1. The number of hydrogen-bond donors (Lipinski definition) is 1. The standard InChI is InChI=1S/C30H29N5O/c36-29-30(26-7-4-10-31-28(26)33-29)17-23-15-22-8-9-25(32-27(22)16-24(23)18-30)20-35-13-11-34(12-14-35)19-21-5-2-1-3-6-21/h1-10,15-16H,11-14,17-20H2,(H,31,33,36). The van der Waals surface area contributed by atoms with E-state index in [0.29, 0.717) is 12.2 Å². The van der Waals surface area contributed by atoms with Crippen molar-refractivity contribution in [3.05, 3.63) is 101 Å².